The van der Waals surface area contributed by atoms with Crippen molar-refractivity contribution in [3.63, 3.8) is 0 Å². The van der Waals surface area contributed by atoms with Crippen molar-refractivity contribution in [2.45, 2.75) is 9.79 Å². The Morgan fingerprint density at radius 1 is 0.421 bits per heavy atom. The van der Waals surface area contributed by atoms with Crippen molar-refractivity contribution >= 4 is 50.6 Å². The van der Waals surface area contributed by atoms with Crippen LogP contribution in [0.15, 0.2) is 150 Å². The van der Waals surface area contributed by atoms with Crippen molar-refractivity contribution < 1.29 is 0 Å². The van der Waals surface area contributed by atoms with Crippen LogP contribution >= 0.6 is 11.8 Å². The van der Waals surface area contributed by atoms with Gasteiger partial charge in [0.05, 0.1) is 22.4 Å². The Hall–Kier alpha value is -4.67. The fourth-order valence-corrected chi connectivity index (χ4v) is 6.68. The molecule has 0 aliphatic carbocycles. The van der Waals surface area contributed by atoms with Gasteiger partial charge >= 0.3 is 0 Å². The topological polar surface area (TPSA) is 13.1 Å². The van der Waals surface area contributed by atoms with Gasteiger partial charge in [-0.05, 0) is 83.6 Å². The van der Waals surface area contributed by atoms with Crippen LogP contribution in [0.4, 0.5) is 17.1 Å². The van der Waals surface area contributed by atoms with Crippen LogP contribution in [0, 0.1) is 0 Å². The number of benzene rings is 5. The lowest BCUT2D eigenvalue weighted by Gasteiger charge is -2.33. The van der Waals surface area contributed by atoms with Crippen LogP contribution < -0.4 is 4.90 Å². The van der Waals surface area contributed by atoms with E-state index < -0.39 is 0 Å². The number of nitrogens with zero attached hydrogens (tertiary/aromatic N) is 3. The van der Waals surface area contributed by atoms with Gasteiger partial charge < -0.3 is 14.0 Å². The summed E-state index contributed by atoms with van der Waals surface area (Å²) in [7, 11) is 0. The first kappa shape index (κ1) is 21.4. The Morgan fingerprint density at radius 3 is 1.47 bits per heavy atom. The summed E-state index contributed by atoms with van der Waals surface area (Å²) in [5.41, 5.74) is 8.34. The van der Waals surface area contributed by atoms with Gasteiger partial charge in [0.25, 0.3) is 0 Å². The van der Waals surface area contributed by atoms with E-state index in [1.165, 1.54) is 54.3 Å². The molecule has 0 saturated carbocycles. The Bertz CT molecular complexity index is 1840. The molecule has 1 aliphatic heterocycles. The average molecular weight is 506 g/mol. The maximum absolute atomic E-state index is 2.39. The molecule has 0 bridgehead atoms. The second-order valence-electron chi connectivity index (χ2n) is 9.57. The fourth-order valence-electron chi connectivity index (χ4n) is 5.56. The van der Waals surface area contributed by atoms with Gasteiger partial charge in [-0.3, -0.25) is 0 Å². The maximum atomic E-state index is 2.39. The van der Waals surface area contributed by atoms with Crippen molar-refractivity contribution in [1.82, 2.24) is 9.13 Å². The summed E-state index contributed by atoms with van der Waals surface area (Å²) >= 11 is 1.85. The minimum atomic E-state index is 1.16. The minimum absolute atomic E-state index is 1.16. The Kier molecular flexibility index (Phi) is 4.76. The normalized spacial score (nSPS) is 12.6. The van der Waals surface area contributed by atoms with E-state index in [0.29, 0.717) is 0 Å². The fraction of sp³-hybridized carbons (Fsp3) is 0. The zero-order chi connectivity index (χ0) is 25.1. The standard InChI is InChI=1S/C34H23N3S/c1-2-10-26(11-3-1)37-31-16-14-27(35-20-18-24-8-4-6-12-29(24)35)22-33(31)38-34-23-28(15-17-32(34)37)36-21-19-25-9-5-7-13-30(25)36/h1-23H. The highest BCUT2D eigenvalue weighted by Gasteiger charge is 2.26. The number of hydrogen-bond acceptors (Lipinski definition) is 2. The number of rotatable bonds is 3. The summed E-state index contributed by atoms with van der Waals surface area (Å²) in [5.74, 6) is 0. The SMILES string of the molecule is c1ccc(N2c3ccc(-n4ccc5ccccc54)cc3Sc3cc(-n4ccc5ccccc54)ccc32)cc1. The highest BCUT2D eigenvalue weighted by molar-refractivity contribution is 7.99. The van der Waals surface area contributed by atoms with Crippen LogP contribution in [-0.2, 0) is 0 Å². The van der Waals surface area contributed by atoms with Gasteiger partial charge in [0.15, 0.2) is 0 Å². The van der Waals surface area contributed by atoms with Gasteiger partial charge in [0, 0.05) is 39.2 Å². The third-order valence-electron chi connectivity index (χ3n) is 7.36. The van der Waals surface area contributed by atoms with Crippen LogP contribution in [0.2, 0.25) is 0 Å². The quantitative estimate of drug-likeness (QED) is 0.237. The molecular formula is C34H23N3S. The van der Waals surface area contributed by atoms with E-state index in [0.717, 1.165) is 5.69 Å². The van der Waals surface area contributed by atoms with Crippen LogP contribution in [-0.4, -0.2) is 9.13 Å². The van der Waals surface area contributed by atoms with Gasteiger partial charge in [-0.25, -0.2) is 0 Å². The third-order valence-corrected chi connectivity index (χ3v) is 8.45. The van der Waals surface area contributed by atoms with Gasteiger partial charge in [-0.15, -0.1) is 0 Å². The van der Waals surface area contributed by atoms with E-state index >= 15 is 0 Å². The molecular weight excluding hydrogens is 482 g/mol. The van der Waals surface area contributed by atoms with Crippen molar-refractivity contribution in [3.8, 4) is 11.4 Å². The molecule has 2 aromatic heterocycles. The molecule has 0 fully saturated rings. The molecule has 0 saturated heterocycles. The number of aromatic nitrogens is 2. The lowest BCUT2D eigenvalue weighted by Crippen LogP contribution is -2.15. The maximum Gasteiger partial charge on any atom is 0.0603 e. The lowest BCUT2D eigenvalue weighted by molar-refractivity contribution is 1.08. The molecule has 0 amide bonds. The van der Waals surface area contributed by atoms with E-state index in [9.17, 15) is 0 Å². The summed E-state index contributed by atoms with van der Waals surface area (Å²) < 4.78 is 4.56. The molecule has 1 aliphatic rings. The molecule has 7 aromatic rings. The van der Waals surface area contributed by atoms with E-state index in [4.69, 9.17) is 0 Å². The molecule has 0 unspecified atom stereocenters. The predicted molar refractivity (Wildman–Crippen MR) is 159 cm³/mol. The molecule has 0 radical (unpaired) electrons. The lowest BCUT2D eigenvalue weighted by atomic mass is 10.1. The second kappa shape index (κ2) is 8.44. The van der Waals surface area contributed by atoms with Crippen molar-refractivity contribution in [2.24, 2.45) is 0 Å². The van der Waals surface area contributed by atoms with Crippen LogP contribution in [0.1, 0.15) is 0 Å². The summed E-state index contributed by atoms with van der Waals surface area (Å²) in [6.07, 6.45) is 4.33. The number of para-hydroxylation sites is 3. The second-order valence-corrected chi connectivity index (χ2v) is 10.6. The van der Waals surface area contributed by atoms with E-state index in [-0.39, 0.29) is 0 Å². The molecule has 0 atom stereocenters. The first-order valence-electron chi connectivity index (χ1n) is 12.8. The Balaban J connectivity index is 1.30. The molecule has 0 spiro atoms. The zero-order valence-electron chi connectivity index (χ0n) is 20.5. The molecule has 180 valence electrons. The largest absolute Gasteiger partial charge is 0.317 e. The van der Waals surface area contributed by atoms with Crippen LogP contribution in [0.5, 0.6) is 0 Å². The van der Waals surface area contributed by atoms with Crippen molar-refractivity contribution in [1.29, 1.82) is 0 Å². The summed E-state index contributed by atoms with van der Waals surface area (Å²) in [6, 6.07) is 45.7. The van der Waals surface area contributed by atoms with Gasteiger partial charge in [0.2, 0.25) is 0 Å². The third kappa shape index (κ3) is 3.31. The first-order valence-corrected chi connectivity index (χ1v) is 13.6. The van der Waals surface area contributed by atoms with Gasteiger partial charge in [-0.2, -0.15) is 0 Å². The summed E-state index contributed by atoms with van der Waals surface area (Å²) in [4.78, 5) is 4.87. The van der Waals surface area contributed by atoms with E-state index in [1.807, 2.05) is 11.8 Å². The average Bonchev–Trinajstić information content (AvgIpc) is 3.61. The van der Waals surface area contributed by atoms with Crippen molar-refractivity contribution in [2.75, 3.05) is 4.90 Å². The van der Waals surface area contributed by atoms with E-state index in [1.54, 1.807) is 0 Å². The molecule has 4 heteroatoms. The van der Waals surface area contributed by atoms with Gasteiger partial charge in [-0.1, -0.05) is 66.4 Å². The highest BCUT2D eigenvalue weighted by Crippen LogP contribution is 2.52. The van der Waals surface area contributed by atoms with Gasteiger partial charge in [0.1, 0.15) is 0 Å². The smallest absolute Gasteiger partial charge is 0.0603 e. The van der Waals surface area contributed by atoms with Crippen LogP contribution in [0.25, 0.3) is 33.2 Å². The first-order chi connectivity index (χ1) is 18.8. The van der Waals surface area contributed by atoms with E-state index in [2.05, 4.69) is 154 Å². The Morgan fingerprint density at radius 2 is 0.921 bits per heavy atom. The monoisotopic (exact) mass is 505 g/mol. The zero-order valence-corrected chi connectivity index (χ0v) is 21.3. The molecule has 8 rings (SSSR count). The van der Waals surface area contributed by atoms with Crippen LogP contribution in [0.3, 0.4) is 0 Å². The molecule has 0 N–H and O–H groups in total. The molecule has 5 aromatic carbocycles. The number of fused-ring (bicyclic) bond motifs is 4. The molecule has 38 heavy (non-hydrogen) atoms. The number of hydrogen-bond donors (Lipinski definition) is 0. The summed E-state index contributed by atoms with van der Waals surface area (Å²) in [5, 5.41) is 2.50. The molecule has 3 heterocycles. The highest BCUT2D eigenvalue weighted by atomic mass is 32.2. The number of anilines is 3. The Labute approximate surface area is 225 Å². The minimum Gasteiger partial charge on any atom is -0.317 e. The molecule has 3 nitrogen and oxygen atoms in total. The predicted octanol–water partition coefficient (Wildman–Crippen LogP) is 9.51. The van der Waals surface area contributed by atoms with Crippen molar-refractivity contribution in [3.05, 3.63) is 140 Å². The summed E-state index contributed by atoms with van der Waals surface area (Å²) in [6.45, 7) is 0.